The molecule has 1 heterocycles. The lowest BCUT2D eigenvalue weighted by Crippen LogP contribution is -2.40. The highest BCUT2D eigenvalue weighted by Crippen LogP contribution is 2.22. The predicted molar refractivity (Wildman–Crippen MR) is 105 cm³/mol. The monoisotopic (exact) mass is 365 g/mol. The van der Waals surface area contributed by atoms with Crippen LogP contribution in [-0.2, 0) is 4.79 Å². The molecular formula is C18H24ClN3OS. The standard InChI is InChI=1S/C18H24ClN3OS/c1-3-5-11-22(12-6-4-2)17-18(24-13-16(23)21-17)20-15-9-7-14(19)8-10-15/h7-10H,3-6,11-13H2,1-2H3. The topological polar surface area (TPSA) is 45.0 Å². The number of rotatable bonds is 7. The SMILES string of the molecule is CCCCN(CCCC)C1=NC(=O)CSC1=Nc1ccc(Cl)cc1. The maximum Gasteiger partial charge on any atom is 0.258 e. The fraction of sp³-hybridized carbons (Fsp3) is 0.500. The van der Waals surface area contributed by atoms with Gasteiger partial charge in [-0.15, -0.1) is 0 Å². The van der Waals surface area contributed by atoms with Crippen LogP contribution >= 0.6 is 23.4 Å². The normalized spacial score (nSPS) is 16.4. The summed E-state index contributed by atoms with van der Waals surface area (Å²) in [5, 5.41) is 1.51. The van der Waals surface area contributed by atoms with Gasteiger partial charge in [0.15, 0.2) is 5.84 Å². The number of carbonyl (C=O) groups is 1. The van der Waals surface area contributed by atoms with E-state index in [1.807, 2.05) is 24.3 Å². The summed E-state index contributed by atoms with van der Waals surface area (Å²) in [5.41, 5.74) is 0.829. The maximum absolute atomic E-state index is 11.9. The van der Waals surface area contributed by atoms with Gasteiger partial charge in [0.05, 0.1) is 11.4 Å². The lowest BCUT2D eigenvalue weighted by molar-refractivity contribution is -0.115. The number of unbranched alkanes of at least 4 members (excludes halogenated alkanes) is 2. The number of hydrogen-bond acceptors (Lipinski definition) is 4. The van der Waals surface area contributed by atoms with Crippen LogP contribution in [0.5, 0.6) is 0 Å². The first-order valence-corrected chi connectivity index (χ1v) is 9.84. The molecule has 1 amide bonds. The molecule has 24 heavy (non-hydrogen) atoms. The van der Waals surface area contributed by atoms with E-state index in [2.05, 4.69) is 23.7 Å². The number of amidine groups is 1. The van der Waals surface area contributed by atoms with Gasteiger partial charge in [-0.1, -0.05) is 50.1 Å². The van der Waals surface area contributed by atoms with Crippen LogP contribution in [0.15, 0.2) is 34.3 Å². The molecule has 0 aromatic heterocycles. The molecule has 0 atom stereocenters. The van der Waals surface area contributed by atoms with Crippen molar-refractivity contribution < 1.29 is 4.79 Å². The number of carbonyl (C=O) groups excluding carboxylic acids is 1. The van der Waals surface area contributed by atoms with Crippen molar-refractivity contribution in [2.45, 2.75) is 39.5 Å². The molecule has 2 rings (SSSR count). The van der Waals surface area contributed by atoms with Crippen LogP contribution in [0.2, 0.25) is 5.02 Å². The van der Waals surface area contributed by atoms with Gasteiger partial charge in [-0.3, -0.25) is 4.79 Å². The van der Waals surface area contributed by atoms with E-state index < -0.39 is 0 Å². The average molecular weight is 366 g/mol. The average Bonchev–Trinajstić information content (AvgIpc) is 2.59. The Bertz CT molecular complexity index is 605. The third kappa shape index (κ3) is 5.64. The zero-order valence-electron chi connectivity index (χ0n) is 14.3. The molecule has 0 bridgehead atoms. The summed E-state index contributed by atoms with van der Waals surface area (Å²) in [5.74, 6) is 1.00. The van der Waals surface area contributed by atoms with Crippen molar-refractivity contribution in [3.63, 3.8) is 0 Å². The molecular weight excluding hydrogens is 342 g/mol. The van der Waals surface area contributed by atoms with Crippen molar-refractivity contribution >= 4 is 45.8 Å². The Kier molecular flexibility index (Phi) is 7.79. The van der Waals surface area contributed by atoms with E-state index in [1.165, 1.54) is 11.8 Å². The van der Waals surface area contributed by atoms with Crippen molar-refractivity contribution in [2.75, 3.05) is 18.8 Å². The van der Waals surface area contributed by atoms with E-state index in [0.717, 1.165) is 55.3 Å². The molecule has 1 aromatic carbocycles. The van der Waals surface area contributed by atoms with Crippen molar-refractivity contribution in [1.29, 1.82) is 0 Å². The van der Waals surface area contributed by atoms with Crippen molar-refractivity contribution in [3.05, 3.63) is 29.3 Å². The lowest BCUT2D eigenvalue weighted by atomic mass is 10.2. The number of thioether (sulfide) groups is 1. The maximum atomic E-state index is 11.9. The summed E-state index contributed by atoms with van der Waals surface area (Å²) in [6.07, 6.45) is 4.38. The van der Waals surface area contributed by atoms with Crippen LogP contribution in [0, 0.1) is 0 Å². The second-order valence-corrected chi connectivity index (χ2v) is 7.11. The van der Waals surface area contributed by atoms with Crippen LogP contribution in [0.1, 0.15) is 39.5 Å². The zero-order valence-corrected chi connectivity index (χ0v) is 15.9. The largest absolute Gasteiger partial charge is 0.354 e. The van der Waals surface area contributed by atoms with E-state index in [-0.39, 0.29) is 5.91 Å². The van der Waals surface area contributed by atoms with Crippen molar-refractivity contribution in [3.8, 4) is 0 Å². The molecule has 0 N–H and O–H groups in total. The molecule has 0 aliphatic carbocycles. The molecule has 1 aliphatic heterocycles. The number of aliphatic imine (C=N–C) groups is 2. The fourth-order valence-corrected chi connectivity index (χ4v) is 3.26. The second kappa shape index (κ2) is 9.84. The summed E-state index contributed by atoms with van der Waals surface area (Å²) in [4.78, 5) is 23.1. The van der Waals surface area contributed by atoms with Crippen LogP contribution in [0.25, 0.3) is 0 Å². The van der Waals surface area contributed by atoms with Crippen LogP contribution in [-0.4, -0.2) is 40.5 Å². The first kappa shape index (κ1) is 19.0. The molecule has 0 saturated carbocycles. The first-order chi connectivity index (χ1) is 11.6. The van der Waals surface area contributed by atoms with Crippen molar-refractivity contribution in [1.82, 2.24) is 4.90 Å². The van der Waals surface area contributed by atoms with Crippen molar-refractivity contribution in [2.24, 2.45) is 9.98 Å². The molecule has 1 aliphatic rings. The van der Waals surface area contributed by atoms with Crippen LogP contribution < -0.4 is 0 Å². The van der Waals surface area contributed by atoms with E-state index in [4.69, 9.17) is 16.6 Å². The van der Waals surface area contributed by atoms with Gasteiger partial charge in [-0.2, -0.15) is 4.99 Å². The highest BCUT2D eigenvalue weighted by molar-refractivity contribution is 8.16. The summed E-state index contributed by atoms with van der Waals surface area (Å²) >= 11 is 7.41. The van der Waals surface area contributed by atoms with Gasteiger partial charge in [-0.25, -0.2) is 4.99 Å². The number of amides is 1. The molecule has 4 nitrogen and oxygen atoms in total. The number of benzene rings is 1. The number of nitrogens with zero attached hydrogens (tertiary/aromatic N) is 3. The van der Waals surface area contributed by atoms with Gasteiger partial charge >= 0.3 is 0 Å². The minimum atomic E-state index is -0.0805. The lowest BCUT2D eigenvalue weighted by Gasteiger charge is -2.28. The quantitative estimate of drug-likeness (QED) is 0.687. The highest BCUT2D eigenvalue weighted by atomic mass is 35.5. The molecule has 6 heteroatoms. The number of halogens is 1. The Hall–Kier alpha value is -1.33. The van der Waals surface area contributed by atoms with Crippen LogP contribution in [0.3, 0.4) is 0 Å². The fourth-order valence-electron chi connectivity index (χ4n) is 2.34. The minimum Gasteiger partial charge on any atom is -0.354 e. The Morgan fingerprint density at radius 2 is 1.79 bits per heavy atom. The summed E-state index contributed by atoms with van der Waals surface area (Å²) < 4.78 is 0. The van der Waals surface area contributed by atoms with Gasteiger partial charge in [0.2, 0.25) is 0 Å². The molecule has 1 aromatic rings. The smallest absolute Gasteiger partial charge is 0.258 e. The van der Waals surface area contributed by atoms with E-state index >= 15 is 0 Å². The highest BCUT2D eigenvalue weighted by Gasteiger charge is 2.24. The Balaban J connectivity index is 2.28. The molecule has 0 spiro atoms. The van der Waals surface area contributed by atoms with E-state index in [0.29, 0.717) is 10.8 Å². The van der Waals surface area contributed by atoms with Gasteiger partial charge in [-0.05, 0) is 37.1 Å². The Labute approximate surface area is 153 Å². The number of hydrogen-bond donors (Lipinski definition) is 0. The third-order valence-corrected chi connectivity index (χ3v) is 4.86. The summed E-state index contributed by atoms with van der Waals surface area (Å²) in [7, 11) is 0. The Morgan fingerprint density at radius 3 is 2.38 bits per heavy atom. The predicted octanol–water partition coefficient (Wildman–Crippen LogP) is 4.94. The molecule has 0 radical (unpaired) electrons. The second-order valence-electron chi connectivity index (χ2n) is 5.71. The molecule has 0 saturated heterocycles. The summed E-state index contributed by atoms with van der Waals surface area (Å²) in [6.45, 7) is 6.15. The zero-order chi connectivity index (χ0) is 17.4. The van der Waals surface area contributed by atoms with Gasteiger partial charge in [0.25, 0.3) is 5.91 Å². The van der Waals surface area contributed by atoms with Gasteiger partial charge in [0, 0.05) is 18.1 Å². The molecule has 0 unspecified atom stereocenters. The first-order valence-electron chi connectivity index (χ1n) is 8.48. The van der Waals surface area contributed by atoms with E-state index in [1.54, 1.807) is 0 Å². The third-order valence-electron chi connectivity index (χ3n) is 3.67. The molecule has 130 valence electrons. The summed E-state index contributed by atoms with van der Waals surface area (Å²) in [6, 6.07) is 7.41. The van der Waals surface area contributed by atoms with Gasteiger partial charge < -0.3 is 4.90 Å². The Morgan fingerprint density at radius 1 is 1.17 bits per heavy atom. The van der Waals surface area contributed by atoms with Crippen LogP contribution in [0.4, 0.5) is 5.69 Å². The molecule has 0 fully saturated rings. The van der Waals surface area contributed by atoms with Gasteiger partial charge in [0.1, 0.15) is 5.04 Å². The van der Waals surface area contributed by atoms with E-state index in [9.17, 15) is 4.79 Å². The minimum absolute atomic E-state index is 0.0805.